The summed E-state index contributed by atoms with van der Waals surface area (Å²) >= 11 is 0. The number of esters is 1. The molecule has 1 atom stereocenters. The lowest BCUT2D eigenvalue weighted by atomic mass is 10.0. The number of ether oxygens (including phenoxy) is 1. The lowest BCUT2D eigenvalue weighted by molar-refractivity contribution is -0.159. The molecule has 0 spiro atoms. The van der Waals surface area contributed by atoms with E-state index in [9.17, 15) is 4.79 Å². The maximum Gasteiger partial charge on any atom is 0.350 e. The smallest absolute Gasteiger partial charge is 0.350 e. The molecular formula is C10H17NO3. The van der Waals surface area contributed by atoms with Crippen LogP contribution in [0.15, 0.2) is 5.16 Å². The summed E-state index contributed by atoms with van der Waals surface area (Å²) in [5.74, 6) is 0.00579. The zero-order chi connectivity index (χ0) is 10.7. The molecule has 0 saturated carbocycles. The van der Waals surface area contributed by atoms with E-state index in [2.05, 4.69) is 5.16 Å². The number of nitrogens with zero attached hydrogens (tertiary/aromatic N) is 1. The Bertz CT molecular complexity index is 246. The van der Waals surface area contributed by atoms with Gasteiger partial charge >= 0.3 is 5.97 Å². The molecule has 0 aromatic rings. The fraction of sp³-hybridized carbons (Fsp3) is 0.800. The van der Waals surface area contributed by atoms with Crippen molar-refractivity contribution in [2.24, 2.45) is 11.1 Å². The minimum Gasteiger partial charge on any atom is -0.460 e. The predicted molar refractivity (Wildman–Crippen MR) is 53.0 cm³/mol. The molecule has 0 aliphatic carbocycles. The van der Waals surface area contributed by atoms with Crippen LogP contribution in [0, 0.1) is 5.92 Å². The first-order chi connectivity index (χ1) is 6.50. The van der Waals surface area contributed by atoms with E-state index in [1.54, 1.807) is 0 Å². The van der Waals surface area contributed by atoms with Crippen LogP contribution >= 0.6 is 0 Å². The largest absolute Gasteiger partial charge is 0.460 e. The van der Waals surface area contributed by atoms with Gasteiger partial charge in [-0.3, -0.25) is 0 Å². The first-order valence-electron chi connectivity index (χ1n) is 4.93. The molecule has 0 saturated heterocycles. The van der Waals surface area contributed by atoms with Crippen LogP contribution in [0.3, 0.4) is 0 Å². The highest BCUT2D eigenvalue weighted by Crippen LogP contribution is 2.17. The van der Waals surface area contributed by atoms with E-state index in [0.717, 1.165) is 5.71 Å². The summed E-state index contributed by atoms with van der Waals surface area (Å²) in [6, 6.07) is 0. The van der Waals surface area contributed by atoms with Crippen molar-refractivity contribution in [3.05, 3.63) is 0 Å². The van der Waals surface area contributed by atoms with Gasteiger partial charge in [-0.05, 0) is 19.8 Å². The van der Waals surface area contributed by atoms with Crippen LogP contribution in [0.2, 0.25) is 0 Å². The molecule has 80 valence electrons. The maximum atomic E-state index is 11.4. The molecule has 0 bridgehead atoms. The lowest BCUT2D eigenvalue weighted by Gasteiger charge is -2.11. The number of hydrogen-bond donors (Lipinski definition) is 0. The second-order valence-electron chi connectivity index (χ2n) is 4.02. The standard InChI is InChI=1S/C10H17NO3/c1-6(2)8-5-9(14-11-8)10(12)13-7(3)4/h6-7,9H,5H2,1-4H3. The van der Waals surface area contributed by atoms with E-state index >= 15 is 0 Å². The Morgan fingerprint density at radius 1 is 1.50 bits per heavy atom. The Hall–Kier alpha value is -1.06. The third kappa shape index (κ3) is 2.72. The highest BCUT2D eigenvalue weighted by atomic mass is 16.7. The van der Waals surface area contributed by atoms with Crippen LogP contribution in [0.1, 0.15) is 34.1 Å². The predicted octanol–water partition coefficient (Wildman–Crippen LogP) is 1.74. The third-order valence-electron chi connectivity index (χ3n) is 1.97. The van der Waals surface area contributed by atoms with Crippen molar-refractivity contribution in [3.8, 4) is 0 Å². The Kier molecular flexibility index (Phi) is 3.49. The Morgan fingerprint density at radius 2 is 2.14 bits per heavy atom. The Morgan fingerprint density at radius 3 is 2.57 bits per heavy atom. The molecule has 0 aromatic carbocycles. The fourth-order valence-electron chi connectivity index (χ4n) is 1.17. The Labute approximate surface area is 84.3 Å². The van der Waals surface area contributed by atoms with Crippen molar-refractivity contribution in [2.45, 2.75) is 46.3 Å². The number of rotatable bonds is 3. The van der Waals surface area contributed by atoms with E-state index in [-0.39, 0.29) is 12.1 Å². The topological polar surface area (TPSA) is 47.9 Å². The minimum atomic E-state index is -0.533. The number of oxime groups is 1. The average molecular weight is 199 g/mol. The van der Waals surface area contributed by atoms with Crippen LogP contribution in [-0.2, 0) is 14.4 Å². The molecule has 0 amide bonds. The second kappa shape index (κ2) is 4.44. The van der Waals surface area contributed by atoms with E-state index in [1.807, 2.05) is 27.7 Å². The number of hydrogen-bond acceptors (Lipinski definition) is 4. The van der Waals surface area contributed by atoms with Crippen molar-refractivity contribution in [1.29, 1.82) is 0 Å². The van der Waals surface area contributed by atoms with E-state index < -0.39 is 6.10 Å². The fourth-order valence-corrected chi connectivity index (χ4v) is 1.17. The van der Waals surface area contributed by atoms with Crippen LogP contribution in [-0.4, -0.2) is 23.9 Å². The average Bonchev–Trinajstić information content (AvgIpc) is 2.50. The van der Waals surface area contributed by atoms with Crippen LogP contribution in [0.4, 0.5) is 0 Å². The minimum absolute atomic E-state index is 0.103. The van der Waals surface area contributed by atoms with Crippen LogP contribution < -0.4 is 0 Å². The van der Waals surface area contributed by atoms with Gasteiger partial charge in [0.05, 0.1) is 11.8 Å². The summed E-state index contributed by atoms with van der Waals surface area (Å²) in [5, 5.41) is 3.86. The van der Waals surface area contributed by atoms with Crippen molar-refractivity contribution >= 4 is 11.7 Å². The van der Waals surface area contributed by atoms with Gasteiger partial charge in [0, 0.05) is 6.42 Å². The van der Waals surface area contributed by atoms with Crippen molar-refractivity contribution in [3.63, 3.8) is 0 Å². The molecule has 4 heteroatoms. The van der Waals surface area contributed by atoms with Crippen molar-refractivity contribution in [1.82, 2.24) is 0 Å². The van der Waals surface area contributed by atoms with E-state index in [4.69, 9.17) is 9.57 Å². The molecule has 14 heavy (non-hydrogen) atoms. The molecule has 0 radical (unpaired) electrons. The van der Waals surface area contributed by atoms with Gasteiger partial charge in [-0.25, -0.2) is 4.79 Å². The number of carbonyl (C=O) groups is 1. The maximum absolute atomic E-state index is 11.4. The van der Waals surface area contributed by atoms with Crippen LogP contribution in [0.25, 0.3) is 0 Å². The molecule has 1 heterocycles. The SMILES string of the molecule is CC(C)OC(=O)C1CC(C(C)C)=NO1. The van der Waals surface area contributed by atoms with Gasteiger partial charge in [-0.15, -0.1) is 0 Å². The van der Waals surface area contributed by atoms with Crippen LogP contribution in [0.5, 0.6) is 0 Å². The quantitative estimate of drug-likeness (QED) is 0.650. The summed E-state index contributed by atoms with van der Waals surface area (Å²) in [4.78, 5) is 16.4. The highest BCUT2D eigenvalue weighted by Gasteiger charge is 2.30. The highest BCUT2D eigenvalue weighted by molar-refractivity contribution is 5.92. The van der Waals surface area contributed by atoms with Gasteiger partial charge in [0.1, 0.15) is 0 Å². The van der Waals surface area contributed by atoms with Crippen molar-refractivity contribution < 1.29 is 14.4 Å². The summed E-state index contributed by atoms with van der Waals surface area (Å²) in [5.41, 5.74) is 0.927. The zero-order valence-electron chi connectivity index (χ0n) is 9.11. The molecule has 0 N–H and O–H groups in total. The van der Waals surface area contributed by atoms with E-state index in [1.165, 1.54) is 0 Å². The van der Waals surface area contributed by atoms with Gasteiger partial charge < -0.3 is 9.57 Å². The first kappa shape index (κ1) is 11.0. The molecule has 1 aliphatic heterocycles. The van der Waals surface area contributed by atoms with Gasteiger partial charge in [0.15, 0.2) is 0 Å². The monoisotopic (exact) mass is 199 g/mol. The molecule has 0 aromatic heterocycles. The summed E-state index contributed by atoms with van der Waals surface area (Å²) in [7, 11) is 0. The summed E-state index contributed by atoms with van der Waals surface area (Å²) in [6.45, 7) is 7.69. The molecule has 1 unspecified atom stereocenters. The van der Waals surface area contributed by atoms with Gasteiger partial charge in [0.25, 0.3) is 0 Å². The zero-order valence-corrected chi connectivity index (χ0v) is 9.11. The van der Waals surface area contributed by atoms with Crippen molar-refractivity contribution in [2.75, 3.05) is 0 Å². The van der Waals surface area contributed by atoms with Gasteiger partial charge in [0.2, 0.25) is 6.10 Å². The third-order valence-corrected chi connectivity index (χ3v) is 1.97. The molecular weight excluding hydrogens is 182 g/mol. The molecule has 1 aliphatic rings. The van der Waals surface area contributed by atoms with Gasteiger partial charge in [-0.1, -0.05) is 19.0 Å². The van der Waals surface area contributed by atoms with Gasteiger partial charge in [-0.2, -0.15) is 0 Å². The normalized spacial score (nSPS) is 21.0. The second-order valence-corrected chi connectivity index (χ2v) is 4.02. The summed E-state index contributed by atoms with van der Waals surface area (Å²) < 4.78 is 5.02. The molecule has 4 nitrogen and oxygen atoms in total. The Balaban J connectivity index is 2.42. The van der Waals surface area contributed by atoms with E-state index in [0.29, 0.717) is 12.3 Å². The first-order valence-corrected chi connectivity index (χ1v) is 4.93. The molecule has 1 rings (SSSR count). The molecule has 0 fully saturated rings. The number of carbonyl (C=O) groups excluding carboxylic acids is 1. The summed E-state index contributed by atoms with van der Waals surface area (Å²) in [6.07, 6.45) is -0.0764. The lowest BCUT2D eigenvalue weighted by Crippen LogP contribution is -2.26.